The third kappa shape index (κ3) is 12.3. The van der Waals surface area contributed by atoms with Crippen LogP contribution in [-0.4, -0.2) is 54.1 Å². The molecule has 0 unspecified atom stereocenters. The lowest BCUT2D eigenvalue weighted by atomic mass is 9.99. The summed E-state index contributed by atoms with van der Waals surface area (Å²) in [5, 5.41) is 4.64. The fourth-order valence-corrected chi connectivity index (χ4v) is 19.4. The van der Waals surface area contributed by atoms with Crippen molar-refractivity contribution in [3.8, 4) is 0 Å². The Labute approximate surface area is 409 Å². The van der Waals surface area contributed by atoms with Crippen LogP contribution in [0, 0.1) is 5.92 Å². The van der Waals surface area contributed by atoms with Gasteiger partial charge in [0.25, 0.3) is 16.6 Å². The number of carbonyl (C=O) groups excluding carboxylic acids is 1. The highest BCUT2D eigenvalue weighted by Crippen LogP contribution is 2.41. The van der Waals surface area contributed by atoms with Crippen LogP contribution < -0.4 is 20.7 Å². The summed E-state index contributed by atoms with van der Waals surface area (Å²) >= 11 is 0. The first-order valence-electron chi connectivity index (χ1n) is 24.6. The van der Waals surface area contributed by atoms with Crippen molar-refractivity contribution in [1.29, 1.82) is 0 Å². The molecule has 0 amide bonds. The Balaban J connectivity index is 1.18. The Morgan fingerprint density at radius 2 is 1.06 bits per heavy atom. The van der Waals surface area contributed by atoms with Crippen molar-refractivity contribution >= 4 is 43.4 Å². The topological polar surface area (TPSA) is 63.2 Å². The van der Waals surface area contributed by atoms with Gasteiger partial charge < -0.3 is 23.1 Å². The van der Waals surface area contributed by atoms with E-state index < -0.39 is 22.7 Å². The van der Waals surface area contributed by atoms with Gasteiger partial charge in [0.2, 0.25) is 0 Å². The maximum Gasteiger partial charge on any atom is 0.343 e. The fourth-order valence-electron chi connectivity index (χ4n) is 10.0. The number of benzene rings is 6. The standard InChI is InChI=1S/C60H72O6Si2/c1-47(45-63-67(59(2,3)4,52-32-18-10-19-33-52)53-34-20-11-21-35-53)43-51(66-68(60(5,6)7,54-36-22-12-23-37-54)55-38-24-13-25-39-55)40-41-56-57(65-58(61)49-29-16-9-17-30-49)44-50(64-56)31-26-42-62-46-48-27-14-8-15-28-48/h8-25,27-30,32-39,44,47,50-51,56H,26,31,40-43,45-46H2,1-7H3/t47-,50+,51-,56+/m1/s1. The lowest BCUT2D eigenvalue weighted by Crippen LogP contribution is -2.68. The van der Waals surface area contributed by atoms with E-state index in [-0.39, 0.29) is 34.2 Å². The van der Waals surface area contributed by atoms with Crippen LogP contribution in [0.1, 0.15) is 96.5 Å². The second kappa shape index (κ2) is 23.4. The van der Waals surface area contributed by atoms with Gasteiger partial charge in [0.05, 0.1) is 18.3 Å². The van der Waals surface area contributed by atoms with Crippen molar-refractivity contribution in [3.05, 3.63) is 205 Å². The monoisotopic (exact) mass is 944 g/mol. The van der Waals surface area contributed by atoms with Crippen molar-refractivity contribution < 1.29 is 27.9 Å². The molecule has 0 saturated carbocycles. The predicted octanol–water partition coefficient (Wildman–Crippen LogP) is 11.8. The summed E-state index contributed by atoms with van der Waals surface area (Å²) in [5.41, 5.74) is 1.66. The van der Waals surface area contributed by atoms with Gasteiger partial charge >= 0.3 is 5.97 Å². The molecule has 0 radical (unpaired) electrons. The lowest BCUT2D eigenvalue weighted by molar-refractivity contribution is 0.00793. The molecule has 68 heavy (non-hydrogen) atoms. The zero-order chi connectivity index (χ0) is 48.0. The Morgan fingerprint density at radius 3 is 1.54 bits per heavy atom. The first-order valence-corrected chi connectivity index (χ1v) is 28.4. The Hall–Kier alpha value is -5.20. The third-order valence-corrected chi connectivity index (χ3v) is 23.4. The van der Waals surface area contributed by atoms with Crippen molar-refractivity contribution in [2.45, 2.75) is 116 Å². The van der Waals surface area contributed by atoms with Crippen LogP contribution in [0.5, 0.6) is 0 Å². The van der Waals surface area contributed by atoms with Gasteiger partial charge in [-0.15, -0.1) is 0 Å². The Morgan fingerprint density at radius 1 is 0.603 bits per heavy atom. The molecule has 7 rings (SSSR count). The number of rotatable bonds is 22. The third-order valence-electron chi connectivity index (χ3n) is 13.3. The quantitative estimate of drug-likeness (QED) is 0.0384. The minimum atomic E-state index is -2.99. The maximum atomic E-state index is 13.6. The van der Waals surface area contributed by atoms with Gasteiger partial charge in [0.1, 0.15) is 11.9 Å². The van der Waals surface area contributed by atoms with E-state index in [0.29, 0.717) is 44.0 Å². The van der Waals surface area contributed by atoms with Crippen LogP contribution in [0.4, 0.5) is 0 Å². The Bertz CT molecular complexity index is 2380. The molecule has 6 nitrogen and oxygen atoms in total. The highest BCUT2D eigenvalue weighted by Gasteiger charge is 2.53. The van der Waals surface area contributed by atoms with E-state index in [1.54, 1.807) is 12.1 Å². The SMILES string of the molecule is C[C@@H](CO[Si](c1ccccc1)(c1ccccc1)C(C)(C)C)C[C@@H](CC[C@@H]1O[C@@H](CCCOCc2ccccc2)C=C1OC(=O)c1ccccc1)O[Si](c1ccccc1)(c1ccccc1)C(C)(C)C. The summed E-state index contributed by atoms with van der Waals surface area (Å²) in [5.74, 6) is 0.326. The zero-order valence-electron chi connectivity index (χ0n) is 41.3. The van der Waals surface area contributed by atoms with E-state index in [2.05, 4.69) is 182 Å². The van der Waals surface area contributed by atoms with Crippen LogP contribution in [0.25, 0.3) is 0 Å². The highest BCUT2D eigenvalue weighted by molar-refractivity contribution is 7.00. The average molecular weight is 945 g/mol. The van der Waals surface area contributed by atoms with E-state index >= 15 is 0 Å². The normalized spacial score (nSPS) is 16.5. The van der Waals surface area contributed by atoms with Crippen molar-refractivity contribution in [2.75, 3.05) is 13.2 Å². The van der Waals surface area contributed by atoms with Gasteiger partial charge in [0, 0.05) is 19.3 Å². The molecular weight excluding hydrogens is 873 g/mol. The second-order valence-electron chi connectivity index (χ2n) is 20.5. The largest absolute Gasteiger partial charge is 0.425 e. The summed E-state index contributed by atoms with van der Waals surface area (Å²) in [6.07, 6.45) is 4.81. The minimum absolute atomic E-state index is 0.138. The molecule has 0 bridgehead atoms. The number of hydrogen-bond donors (Lipinski definition) is 0. The smallest absolute Gasteiger partial charge is 0.343 e. The molecular formula is C60H72O6Si2. The van der Waals surface area contributed by atoms with Gasteiger partial charge in [-0.2, -0.15) is 0 Å². The molecule has 0 aliphatic carbocycles. The Kier molecular flexibility index (Phi) is 17.4. The summed E-state index contributed by atoms with van der Waals surface area (Å²) in [4.78, 5) is 13.6. The lowest BCUT2D eigenvalue weighted by Gasteiger charge is -2.46. The van der Waals surface area contributed by atoms with Crippen LogP contribution in [0.2, 0.25) is 10.1 Å². The molecule has 6 aromatic rings. The predicted molar refractivity (Wildman–Crippen MR) is 283 cm³/mol. The number of hydrogen-bond acceptors (Lipinski definition) is 6. The molecule has 8 heteroatoms. The molecule has 6 aromatic carbocycles. The van der Waals surface area contributed by atoms with Gasteiger partial charge in [-0.25, -0.2) is 4.79 Å². The fraction of sp³-hybridized carbons (Fsp3) is 0.350. The minimum Gasteiger partial charge on any atom is -0.425 e. The van der Waals surface area contributed by atoms with Crippen molar-refractivity contribution in [2.24, 2.45) is 5.92 Å². The van der Waals surface area contributed by atoms with Crippen molar-refractivity contribution in [3.63, 3.8) is 0 Å². The molecule has 0 spiro atoms. The van der Waals surface area contributed by atoms with Crippen LogP contribution in [-0.2, 0) is 29.7 Å². The molecule has 1 aliphatic heterocycles. The molecule has 1 aliphatic rings. The molecule has 0 aromatic heterocycles. The van der Waals surface area contributed by atoms with E-state index in [1.165, 1.54) is 20.7 Å². The number of carbonyl (C=O) groups is 1. The van der Waals surface area contributed by atoms with E-state index in [4.69, 9.17) is 23.1 Å². The summed E-state index contributed by atoms with van der Waals surface area (Å²) in [6, 6.07) is 63.0. The van der Waals surface area contributed by atoms with Crippen LogP contribution in [0.3, 0.4) is 0 Å². The maximum absolute atomic E-state index is 13.6. The summed E-state index contributed by atoms with van der Waals surface area (Å²) < 4.78 is 34.7. The molecule has 356 valence electrons. The average Bonchev–Trinajstić information content (AvgIpc) is 3.73. The van der Waals surface area contributed by atoms with Crippen LogP contribution >= 0.6 is 0 Å². The zero-order valence-corrected chi connectivity index (χ0v) is 43.3. The summed E-state index contributed by atoms with van der Waals surface area (Å²) in [6.45, 7) is 18.1. The van der Waals surface area contributed by atoms with E-state index in [1.807, 2.05) is 42.5 Å². The number of ether oxygens (including phenoxy) is 3. The van der Waals surface area contributed by atoms with Gasteiger partial charge in [0.15, 0.2) is 0 Å². The molecule has 0 saturated heterocycles. The van der Waals surface area contributed by atoms with Gasteiger partial charge in [-0.05, 0) is 92.6 Å². The van der Waals surface area contributed by atoms with Crippen LogP contribution in [0.15, 0.2) is 194 Å². The number of esters is 1. The van der Waals surface area contributed by atoms with Gasteiger partial charge in [-0.3, -0.25) is 0 Å². The molecule has 4 atom stereocenters. The molecule has 0 N–H and O–H groups in total. The van der Waals surface area contributed by atoms with E-state index in [0.717, 1.165) is 24.8 Å². The summed E-state index contributed by atoms with van der Waals surface area (Å²) in [7, 11) is -5.79. The molecule has 0 fully saturated rings. The highest BCUT2D eigenvalue weighted by atomic mass is 28.4. The first-order chi connectivity index (χ1) is 32.8. The molecule has 1 heterocycles. The second-order valence-corrected chi connectivity index (χ2v) is 29.0. The van der Waals surface area contributed by atoms with Crippen molar-refractivity contribution in [1.82, 2.24) is 0 Å². The van der Waals surface area contributed by atoms with E-state index in [9.17, 15) is 4.79 Å². The first kappa shape index (κ1) is 50.7. The van der Waals surface area contributed by atoms with Gasteiger partial charge in [-0.1, -0.05) is 218 Å².